The van der Waals surface area contributed by atoms with E-state index in [1.807, 2.05) is 24.3 Å². The van der Waals surface area contributed by atoms with Crippen LogP contribution < -0.4 is 11.1 Å². The number of hydrogen-bond donors (Lipinski definition) is 3. The third-order valence-electron chi connectivity index (χ3n) is 4.26. The zero-order valence-corrected chi connectivity index (χ0v) is 12.6. The van der Waals surface area contributed by atoms with Crippen molar-refractivity contribution in [3.63, 3.8) is 0 Å². The van der Waals surface area contributed by atoms with Gasteiger partial charge in [0.25, 0.3) is 5.91 Å². The van der Waals surface area contributed by atoms with E-state index >= 15 is 0 Å². The number of benzene rings is 1. The van der Waals surface area contributed by atoms with Gasteiger partial charge in [-0.1, -0.05) is 37.8 Å². The lowest BCUT2D eigenvalue weighted by Gasteiger charge is -2.26. The summed E-state index contributed by atoms with van der Waals surface area (Å²) in [5.74, 6) is -0.119. The standard InChI is InChI=1S/C17H26N2O2/c18-12-9-14-5-7-15(8-6-14)16(20)19-13-17(21)10-3-1-2-4-11-17/h5-8,21H,1-4,9-13,18H2,(H,19,20). The predicted molar refractivity (Wildman–Crippen MR) is 84.2 cm³/mol. The molecule has 1 aromatic rings. The number of nitrogens with two attached hydrogens (primary N) is 1. The van der Waals surface area contributed by atoms with Crippen LogP contribution in [0.4, 0.5) is 0 Å². The summed E-state index contributed by atoms with van der Waals surface area (Å²) < 4.78 is 0. The number of rotatable bonds is 5. The molecule has 0 aromatic heterocycles. The highest BCUT2D eigenvalue weighted by atomic mass is 16.3. The minimum absolute atomic E-state index is 0.119. The molecule has 1 aliphatic carbocycles. The van der Waals surface area contributed by atoms with Gasteiger partial charge in [0.1, 0.15) is 0 Å². The van der Waals surface area contributed by atoms with Crippen LogP contribution in [-0.2, 0) is 6.42 Å². The summed E-state index contributed by atoms with van der Waals surface area (Å²) in [7, 11) is 0. The minimum atomic E-state index is -0.731. The van der Waals surface area contributed by atoms with E-state index in [0.29, 0.717) is 18.7 Å². The molecule has 0 radical (unpaired) electrons. The molecular weight excluding hydrogens is 264 g/mol. The van der Waals surface area contributed by atoms with Crippen LogP contribution in [0.25, 0.3) is 0 Å². The summed E-state index contributed by atoms with van der Waals surface area (Å²) in [6, 6.07) is 7.50. The summed E-state index contributed by atoms with van der Waals surface area (Å²) in [5.41, 5.74) is 6.55. The van der Waals surface area contributed by atoms with Crippen LogP contribution in [0, 0.1) is 0 Å². The Morgan fingerprint density at radius 2 is 1.76 bits per heavy atom. The molecule has 0 heterocycles. The van der Waals surface area contributed by atoms with E-state index < -0.39 is 5.60 Å². The van der Waals surface area contributed by atoms with Crippen molar-refractivity contribution in [2.45, 2.75) is 50.5 Å². The summed E-state index contributed by atoms with van der Waals surface area (Å²) >= 11 is 0. The maximum atomic E-state index is 12.1. The van der Waals surface area contributed by atoms with Gasteiger partial charge in [-0.3, -0.25) is 4.79 Å². The van der Waals surface area contributed by atoms with Crippen LogP contribution >= 0.6 is 0 Å². The van der Waals surface area contributed by atoms with Gasteiger partial charge in [-0.25, -0.2) is 0 Å². The molecule has 1 aromatic carbocycles. The van der Waals surface area contributed by atoms with Crippen molar-refractivity contribution in [3.05, 3.63) is 35.4 Å². The van der Waals surface area contributed by atoms with Crippen molar-refractivity contribution in [1.82, 2.24) is 5.32 Å². The second-order valence-electron chi connectivity index (χ2n) is 6.06. The predicted octanol–water partition coefficient (Wildman–Crippen LogP) is 2.00. The van der Waals surface area contributed by atoms with Gasteiger partial charge in [-0.15, -0.1) is 0 Å². The van der Waals surface area contributed by atoms with Crippen LogP contribution in [0.2, 0.25) is 0 Å². The first kappa shape index (κ1) is 16.0. The highest BCUT2D eigenvalue weighted by molar-refractivity contribution is 5.94. The number of aliphatic hydroxyl groups is 1. The first-order chi connectivity index (χ1) is 10.1. The normalized spacial score (nSPS) is 18.0. The fourth-order valence-electron chi connectivity index (χ4n) is 2.90. The van der Waals surface area contributed by atoms with Gasteiger partial charge < -0.3 is 16.2 Å². The second-order valence-corrected chi connectivity index (χ2v) is 6.06. The minimum Gasteiger partial charge on any atom is -0.388 e. The van der Waals surface area contributed by atoms with Crippen molar-refractivity contribution >= 4 is 5.91 Å². The fraction of sp³-hybridized carbons (Fsp3) is 0.588. The van der Waals surface area contributed by atoms with Gasteiger partial charge in [0.05, 0.1) is 5.60 Å². The molecule has 4 nitrogen and oxygen atoms in total. The molecular formula is C17H26N2O2. The first-order valence-electron chi connectivity index (χ1n) is 7.93. The Kier molecular flexibility index (Phi) is 5.76. The number of amides is 1. The summed E-state index contributed by atoms with van der Waals surface area (Å²) in [4.78, 5) is 12.1. The first-order valence-corrected chi connectivity index (χ1v) is 7.93. The van der Waals surface area contributed by atoms with Crippen molar-refractivity contribution in [3.8, 4) is 0 Å². The van der Waals surface area contributed by atoms with Gasteiger partial charge in [-0.05, 0) is 43.5 Å². The summed E-state index contributed by atoms with van der Waals surface area (Å²) in [6.45, 7) is 0.953. The Labute approximate surface area is 126 Å². The molecule has 1 amide bonds. The second kappa shape index (κ2) is 7.57. The fourth-order valence-corrected chi connectivity index (χ4v) is 2.90. The molecule has 0 spiro atoms. The van der Waals surface area contributed by atoms with Gasteiger partial charge in [0.2, 0.25) is 0 Å². The Morgan fingerprint density at radius 1 is 1.14 bits per heavy atom. The van der Waals surface area contributed by atoms with Crippen LogP contribution in [0.3, 0.4) is 0 Å². The van der Waals surface area contributed by atoms with Crippen molar-refractivity contribution < 1.29 is 9.90 Å². The molecule has 0 unspecified atom stereocenters. The monoisotopic (exact) mass is 290 g/mol. The maximum Gasteiger partial charge on any atom is 0.251 e. The number of hydrogen-bond acceptors (Lipinski definition) is 3. The Hall–Kier alpha value is -1.39. The van der Waals surface area contributed by atoms with Crippen LogP contribution in [-0.4, -0.2) is 29.7 Å². The SMILES string of the molecule is NCCc1ccc(C(=O)NCC2(O)CCCCCC2)cc1. The van der Waals surface area contributed by atoms with Gasteiger partial charge in [0.15, 0.2) is 0 Å². The van der Waals surface area contributed by atoms with E-state index in [2.05, 4.69) is 5.32 Å². The summed E-state index contributed by atoms with van der Waals surface area (Å²) in [6.07, 6.45) is 6.82. The average Bonchev–Trinajstić information content (AvgIpc) is 2.71. The zero-order valence-electron chi connectivity index (χ0n) is 12.6. The van der Waals surface area contributed by atoms with E-state index in [1.165, 1.54) is 12.8 Å². The Bertz CT molecular complexity index is 448. The highest BCUT2D eigenvalue weighted by Crippen LogP contribution is 2.26. The Balaban J connectivity index is 1.88. The highest BCUT2D eigenvalue weighted by Gasteiger charge is 2.28. The zero-order chi connectivity index (χ0) is 15.1. The van der Waals surface area contributed by atoms with Gasteiger partial charge >= 0.3 is 0 Å². The van der Waals surface area contributed by atoms with Crippen LogP contribution in [0.15, 0.2) is 24.3 Å². The molecule has 1 fully saturated rings. The lowest BCUT2D eigenvalue weighted by molar-refractivity contribution is 0.0246. The van der Waals surface area contributed by atoms with Crippen molar-refractivity contribution in [1.29, 1.82) is 0 Å². The third kappa shape index (κ3) is 4.83. The smallest absolute Gasteiger partial charge is 0.251 e. The van der Waals surface area contributed by atoms with Crippen molar-refractivity contribution in [2.75, 3.05) is 13.1 Å². The average molecular weight is 290 g/mol. The number of nitrogens with one attached hydrogen (secondary N) is 1. The maximum absolute atomic E-state index is 12.1. The van der Waals surface area contributed by atoms with E-state index in [4.69, 9.17) is 5.73 Å². The molecule has 0 saturated heterocycles. The molecule has 0 atom stereocenters. The number of carbonyl (C=O) groups is 1. The van der Waals surface area contributed by atoms with Crippen LogP contribution in [0.1, 0.15) is 54.4 Å². The van der Waals surface area contributed by atoms with E-state index in [1.54, 1.807) is 0 Å². The number of carbonyl (C=O) groups excluding carboxylic acids is 1. The van der Waals surface area contributed by atoms with E-state index in [-0.39, 0.29) is 5.91 Å². The molecule has 4 N–H and O–H groups in total. The van der Waals surface area contributed by atoms with Crippen molar-refractivity contribution in [2.24, 2.45) is 5.73 Å². The molecule has 21 heavy (non-hydrogen) atoms. The molecule has 1 aliphatic rings. The molecule has 116 valence electrons. The molecule has 2 rings (SSSR count). The summed E-state index contributed by atoms with van der Waals surface area (Å²) in [5, 5.41) is 13.4. The van der Waals surface area contributed by atoms with Crippen LogP contribution in [0.5, 0.6) is 0 Å². The third-order valence-corrected chi connectivity index (χ3v) is 4.26. The topological polar surface area (TPSA) is 75.4 Å². The molecule has 1 saturated carbocycles. The quantitative estimate of drug-likeness (QED) is 0.726. The molecule has 4 heteroatoms. The van der Waals surface area contributed by atoms with Gasteiger partial charge in [0, 0.05) is 12.1 Å². The lowest BCUT2D eigenvalue weighted by Crippen LogP contribution is -2.42. The lowest BCUT2D eigenvalue weighted by atomic mass is 9.94. The van der Waals surface area contributed by atoms with E-state index in [9.17, 15) is 9.90 Å². The molecule has 0 bridgehead atoms. The largest absolute Gasteiger partial charge is 0.388 e. The Morgan fingerprint density at radius 3 is 2.33 bits per heavy atom. The van der Waals surface area contributed by atoms with E-state index in [0.717, 1.165) is 37.7 Å². The van der Waals surface area contributed by atoms with Gasteiger partial charge in [-0.2, -0.15) is 0 Å². The molecule has 0 aliphatic heterocycles.